The second-order valence-corrected chi connectivity index (χ2v) is 6.70. The number of amides is 1. The van der Waals surface area contributed by atoms with Crippen LogP contribution >= 0.6 is 0 Å². The minimum atomic E-state index is -0.165. The van der Waals surface area contributed by atoms with Gasteiger partial charge in [-0.3, -0.25) is 4.79 Å². The van der Waals surface area contributed by atoms with Gasteiger partial charge in [0.25, 0.3) is 0 Å². The molecule has 4 heteroatoms. The van der Waals surface area contributed by atoms with Crippen LogP contribution in [0.2, 0.25) is 0 Å². The number of methoxy groups -OCH3 is 1. The van der Waals surface area contributed by atoms with Gasteiger partial charge >= 0.3 is 0 Å². The third-order valence-corrected chi connectivity index (χ3v) is 3.92. The molecular formula is C22H27NO3. The average Bonchev–Trinajstić information content (AvgIpc) is 2.61. The average molecular weight is 353 g/mol. The summed E-state index contributed by atoms with van der Waals surface area (Å²) in [5.41, 5.74) is 3.81. The van der Waals surface area contributed by atoms with E-state index >= 15 is 0 Å². The number of para-hydroxylation sites is 1. The maximum Gasteiger partial charge on any atom is 0.248 e. The first-order valence-electron chi connectivity index (χ1n) is 8.76. The van der Waals surface area contributed by atoms with Crippen molar-refractivity contribution in [2.24, 2.45) is 5.92 Å². The van der Waals surface area contributed by atoms with E-state index < -0.39 is 0 Å². The standard InChI is InChI=1S/C22H27NO3/c1-15(2)14-26-19-11-9-18(13-20(19)25-5)10-12-21(24)23-22-16(3)7-6-8-17(22)4/h6-13,15H,14H2,1-5H3,(H,23,24)/b12-10+. The Hall–Kier alpha value is -2.75. The van der Waals surface area contributed by atoms with Crippen molar-refractivity contribution in [2.75, 3.05) is 19.0 Å². The smallest absolute Gasteiger partial charge is 0.248 e. The molecule has 0 aliphatic heterocycles. The Morgan fingerprint density at radius 3 is 2.42 bits per heavy atom. The van der Waals surface area contributed by atoms with Crippen LogP contribution in [0.25, 0.3) is 6.08 Å². The lowest BCUT2D eigenvalue weighted by atomic mass is 10.1. The molecule has 0 aliphatic carbocycles. The van der Waals surface area contributed by atoms with Gasteiger partial charge in [0.05, 0.1) is 13.7 Å². The Morgan fingerprint density at radius 1 is 1.12 bits per heavy atom. The number of hydrogen-bond acceptors (Lipinski definition) is 3. The van der Waals surface area contributed by atoms with Crippen LogP contribution < -0.4 is 14.8 Å². The molecule has 2 rings (SSSR count). The maximum atomic E-state index is 12.2. The van der Waals surface area contributed by atoms with Gasteiger partial charge in [-0.1, -0.05) is 38.1 Å². The highest BCUT2D eigenvalue weighted by atomic mass is 16.5. The Labute approximate surface area is 155 Å². The van der Waals surface area contributed by atoms with E-state index in [0.717, 1.165) is 22.4 Å². The lowest BCUT2D eigenvalue weighted by molar-refractivity contribution is -0.111. The van der Waals surface area contributed by atoms with Crippen molar-refractivity contribution in [1.82, 2.24) is 0 Å². The maximum absolute atomic E-state index is 12.2. The van der Waals surface area contributed by atoms with Crippen LogP contribution in [0.1, 0.15) is 30.5 Å². The van der Waals surface area contributed by atoms with E-state index in [9.17, 15) is 4.79 Å². The lowest BCUT2D eigenvalue weighted by Crippen LogP contribution is -2.10. The molecule has 2 aromatic rings. The summed E-state index contributed by atoms with van der Waals surface area (Å²) in [5.74, 6) is 1.63. The van der Waals surface area contributed by atoms with Crippen molar-refractivity contribution in [3.8, 4) is 11.5 Å². The van der Waals surface area contributed by atoms with E-state index in [0.29, 0.717) is 24.0 Å². The fourth-order valence-corrected chi connectivity index (χ4v) is 2.51. The number of ether oxygens (including phenoxy) is 2. The zero-order valence-corrected chi connectivity index (χ0v) is 16.1. The Morgan fingerprint density at radius 2 is 1.81 bits per heavy atom. The summed E-state index contributed by atoms with van der Waals surface area (Å²) in [6, 6.07) is 11.6. The summed E-state index contributed by atoms with van der Waals surface area (Å²) in [6.07, 6.45) is 3.28. The first-order valence-corrected chi connectivity index (χ1v) is 8.76. The fourth-order valence-electron chi connectivity index (χ4n) is 2.51. The fraction of sp³-hybridized carbons (Fsp3) is 0.318. The SMILES string of the molecule is COc1cc(/C=C/C(=O)Nc2c(C)cccc2C)ccc1OCC(C)C. The molecule has 1 N–H and O–H groups in total. The second-order valence-electron chi connectivity index (χ2n) is 6.70. The number of carbonyl (C=O) groups excluding carboxylic acids is 1. The largest absolute Gasteiger partial charge is 0.493 e. The van der Waals surface area contributed by atoms with Gasteiger partial charge in [-0.15, -0.1) is 0 Å². The number of carbonyl (C=O) groups is 1. The van der Waals surface area contributed by atoms with Crippen molar-refractivity contribution in [3.05, 3.63) is 59.2 Å². The molecule has 0 bridgehead atoms. The number of anilines is 1. The number of nitrogens with one attached hydrogen (secondary N) is 1. The molecule has 0 radical (unpaired) electrons. The van der Waals surface area contributed by atoms with Gasteiger partial charge in [-0.2, -0.15) is 0 Å². The van der Waals surface area contributed by atoms with Gasteiger partial charge in [0.1, 0.15) is 0 Å². The normalized spacial score (nSPS) is 11.0. The summed E-state index contributed by atoms with van der Waals surface area (Å²) in [5, 5.41) is 2.94. The van der Waals surface area contributed by atoms with Crippen LogP contribution in [0.3, 0.4) is 0 Å². The Bertz CT molecular complexity index is 774. The number of rotatable bonds is 7. The number of hydrogen-bond donors (Lipinski definition) is 1. The van der Waals surface area contributed by atoms with Crippen LogP contribution in [0.5, 0.6) is 11.5 Å². The highest BCUT2D eigenvalue weighted by Gasteiger charge is 2.07. The second kappa shape index (κ2) is 9.09. The molecule has 26 heavy (non-hydrogen) atoms. The molecule has 1 amide bonds. The Balaban J connectivity index is 2.08. The topological polar surface area (TPSA) is 47.6 Å². The summed E-state index contributed by atoms with van der Waals surface area (Å²) >= 11 is 0. The monoisotopic (exact) mass is 353 g/mol. The third kappa shape index (κ3) is 5.38. The van der Waals surface area contributed by atoms with Gasteiger partial charge < -0.3 is 14.8 Å². The molecule has 0 atom stereocenters. The third-order valence-electron chi connectivity index (χ3n) is 3.92. The number of benzene rings is 2. The van der Waals surface area contributed by atoms with Gasteiger partial charge in [-0.05, 0) is 54.7 Å². The zero-order valence-electron chi connectivity index (χ0n) is 16.1. The van der Waals surface area contributed by atoms with Gasteiger partial charge in [-0.25, -0.2) is 0 Å². The molecule has 0 saturated carbocycles. The van der Waals surface area contributed by atoms with Gasteiger partial charge in [0, 0.05) is 11.8 Å². The van der Waals surface area contributed by atoms with Crippen molar-refractivity contribution < 1.29 is 14.3 Å². The quantitative estimate of drug-likeness (QED) is 0.713. The van der Waals surface area contributed by atoms with E-state index in [1.54, 1.807) is 13.2 Å². The summed E-state index contributed by atoms with van der Waals surface area (Å²) in [4.78, 5) is 12.2. The first kappa shape index (κ1) is 19.6. The molecule has 0 saturated heterocycles. The van der Waals surface area contributed by atoms with E-state index in [4.69, 9.17) is 9.47 Å². The molecule has 0 spiro atoms. The molecule has 0 unspecified atom stereocenters. The van der Waals surface area contributed by atoms with E-state index in [1.165, 1.54) is 6.08 Å². The minimum absolute atomic E-state index is 0.165. The van der Waals surface area contributed by atoms with E-state index in [-0.39, 0.29) is 5.91 Å². The summed E-state index contributed by atoms with van der Waals surface area (Å²) < 4.78 is 11.1. The van der Waals surface area contributed by atoms with Gasteiger partial charge in [0.15, 0.2) is 11.5 Å². The van der Waals surface area contributed by atoms with E-state index in [2.05, 4.69) is 19.2 Å². The first-order chi connectivity index (χ1) is 12.4. The summed E-state index contributed by atoms with van der Waals surface area (Å²) in [6.45, 7) is 8.78. The number of aryl methyl sites for hydroxylation is 2. The molecule has 4 nitrogen and oxygen atoms in total. The molecule has 0 aliphatic rings. The molecule has 138 valence electrons. The molecule has 2 aromatic carbocycles. The van der Waals surface area contributed by atoms with Crippen LogP contribution in [-0.4, -0.2) is 19.6 Å². The van der Waals surface area contributed by atoms with E-state index in [1.807, 2.05) is 50.2 Å². The Kier molecular flexibility index (Phi) is 6.84. The van der Waals surface area contributed by atoms with Crippen LogP contribution in [0.4, 0.5) is 5.69 Å². The van der Waals surface area contributed by atoms with Crippen LogP contribution in [-0.2, 0) is 4.79 Å². The highest BCUT2D eigenvalue weighted by Crippen LogP contribution is 2.29. The van der Waals surface area contributed by atoms with Crippen LogP contribution in [0.15, 0.2) is 42.5 Å². The van der Waals surface area contributed by atoms with Crippen molar-refractivity contribution in [1.29, 1.82) is 0 Å². The molecule has 0 heterocycles. The van der Waals surface area contributed by atoms with Crippen molar-refractivity contribution >= 4 is 17.7 Å². The predicted molar refractivity (Wildman–Crippen MR) is 107 cm³/mol. The lowest BCUT2D eigenvalue weighted by Gasteiger charge is -2.13. The van der Waals surface area contributed by atoms with Crippen molar-refractivity contribution in [3.63, 3.8) is 0 Å². The molecule has 0 fully saturated rings. The predicted octanol–water partition coefficient (Wildman–Crippen LogP) is 5.00. The van der Waals surface area contributed by atoms with Crippen molar-refractivity contribution in [2.45, 2.75) is 27.7 Å². The molecular weight excluding hydrogens is 326 g/mol. The minimum Gasteiger partial charge on any atom is -0.493 e. The summed E-state index contributed by atoms with van der Waals surface area (Å²) in [7, 11) is 1.61. The highest BCUT2D eigenvalue weighted by molar-refractivity contribution is 6.02. The van der Waals surface area contributed by atoms with Crippen LogP contribution in [0, 0.1) is 19.8 Å². The molecule has 0 aromatic heterocycles. The zero-order chi connectivity index (χ0) is 19.1. The van der Waals surface area contributed by atoms with Gasteiger partial charge in [0.2, 0.25) is 5.91 Å².